The number of rotatable bonds is 6. The fraction of sp³-hybridized carbons (Fsp3) is 0.600. The van der Waals surface area contributed by atoms with Crippen LogP contribution in [-0.4, -0.2) is 28.9 Å². The summed E-state index contributed by atoms with van der Waals surface area (Å²) in [6, 6.07) is 1.49. The van der Waals surface area contributed by atoms with Crippen LogP contribution in [0.25, 0.3) is 0 Å². The minimum atomic E-state index is -1.00. The molecule has 0 aliphatic heterocycles. The normalized spacial score (nSPS) is 14.9. The highest BCUT2D eigenvalue weighted by atomic mass is 16.4. The predicted molar refractivity (Wildman–Crippen MR) is 73.5 cm³/mol. The average Bonchev–Trinajstić information content (AvgIpc) is 2.68. The van der Waals surface area contributed by atoms with Gasteiger partial charge >= 0.3 is 5.97 Å². The van der Waals surface area contributed by atoms with Gasteiger partial charge in [-0.15, -0.1) is 0 Å². The first-order valence-electron chi connectivity index (χ1n) is 7.04. The number of carboxylic acids is 1. The maximum atomic E-state index is 12.0. The molecule has 0 unspecified atom stereocenters. The Kier molecular flexibility index (Phi) is 4.47. The van der Waals surface area contributed by atoms with E-state index in [0.717, 1.165) is 12.3 Å². The largest absolute Gasteiger partial charge is 0.478 e. The topological polar surface area (TPSA) is 70.8 Å². The molecular weight excluding hydrogens is 258 g/mol. The maximum absolute atomic E-state index is 12.0. The second-order valence-corrected chi connectivity index (χ2v) is 5.57. The van der Waals surface area contributed by atoms with Crippen molar-refractivity contribution in [1.82, 2.24) is 4.90 Å². The van der Waals surface area contributed by atoms with Gasteiger partial charge in [0.2, 0.25) is 5.91 Å². The number of hydrogen-bond donors (Lipinski definition) is 1. The fourth-order valence-corrected chi connectivity index (χ4v) is 2.46. The molecule has 0 spiro atoms. The minimum Gasteiger partial charge on any atom is -0.478 e. The highest BCUT2D eigenvalue weighted by Crippen LogP contribution is 2.30. The van der Waals surface area contributed by atoms with Crippen LogP contribution < -0.4 is 0 Å². The van der Waals surface area contributed by atoms with Gasteiger partial charge in [-0.1, -0.05) is 19.3 Å². The zero-order valence-electron chi connectivity index (χ0n) is 12.0. The molecule has 0 saturated heterocycles. The van der Waals surface area contributed by atoms with Crippen LogP contribution in [0.5, 0.6) is 0 Å². The number of amides is 1. The van der Waals surface area contributed by atoms with Gasteiger partial charge in [-0.3, -0.25) is 4.79 Å². The molecule has 1 N–H and O–H groups in total. The average molecular weight is 279 g/mol. The third kappa shape index (κ3) is 3.40. The molecule has 20 heavy (non-hydrogen) atoms. The Hall–Kier alpha value is -1.78. The van der Waals surface area contributed by atoms with Crippen LogP contribution in [0.1, 0.15) is 54.0 Å². The molecule has 5 heteroatoms. The Bertz CT molecular complexity index is 502. The predicted octanol–water partition coefficient (Wildman–Crippen LogP) is 2.82. The molecule has 2 rings (SSSR count). The Morgan fingerprint density at radius 3 is 2.65 bits per heavy atom. The summed E-state index contributed by atoms with van der Waals surface area (Å²) in [5.41, 5.74) is 0.162. The van der Waals surface area contributed by atoms with Gasteiger partial charge < -0.3 is 14.4 Å². The number of carboxylic acid groups (broad SMARTS) is 1. The SMILES string of the molecule is Cc1oc(CN(C)C(=O)CCC2CCC2)cc1C(=O)O. The molecule has 0 radical (unpaired) electrons. The van der Waals surface area contributed by atoms with Crippen LogP contribution in [0, 0.1) is 12.8 Å². The first-order valence-corrected chi connectivity index (χ1v) is 7.04. The molecule has 1 fully saturated rings. The quantitative estimate of drug-likeness (QED) is 0.869. The van der Waals surface area contributed by atoms with Crippen molar-refractivity contribution in [1.29, 1.82) is 0 Å². The van der Waals surface area contributed by atoms with Crippen molar-refractivity contribution < 1.29 is 19.1 Å². The Balaban J connectivity index is 1.86. The zero-order chi connectivity index (χ0) is 14.7. The van der Waals surface area contributed by atoms with E-state index < -0.39 is 5.97 Å². The summed E-state index contributed by atoms with van der Waals surface area (Å²) >= 11 is 0. The molecule has 1 saturated carbocycles. The van der Waals surface area contributed by atoms with Crippen LogP contribution in [0.2, 0.25) is 0 Å². The number of aromatic carboxylic acids is 1. The van der Waals surface area contributed by atoms with Crippen molar-refractivity contribution in [3.05, 3.63) is 23.2 Å². The number of carbonyl (C=O) groups is 2. The molecule has 110 valence electrons. The lowest BCUT2D eigenvalue weighted by Gasteiger charge is -2.25. The standard InChI is InChI=1S/C15H21NO4/c1-10-13(15(18)19)8-12(20-10)9-16(2)14(17)7-6-11-4-3-5-11/h8,11H,3-7,9H2,1-2H3,(H,18,19). The number of furan rings is 1. The van der Waals surface area contributed by atoms with Gasteiger partial charge in [0.25, 0.3) is 0 Å². The minimum absolute atomic E-state index is 0.0860. The van der Waals surface area contributed by atoms with E-state index in [4.69, 9.17) is 9.52 Å². The first-order chi connectivity index (χ1) is 9.47. The Labute approximate surface area is 118 Å². The van der Waals surface area contributed by atoms with E-state index in [-0.39, 0.29) is 11.5 Å². The van der Waals surface area contributed by atoms with Crippen LogP contribution >= 0.6 is 0 Å². The van der Waals surface area contributed by atoms with Crippen LogP contribution in [-0.2, 0) is 11.3 Å². The van der Waals surface area contributed by atoms with E-state index in [1.54, 1.807) is 18.9 Å². The smallest absolute Gasteiger partial charge is 0.339 e. The second kappa shape index (κ2) is 6.11. The highest BCUT2D eigenvalue weighted by molar-refractivity contribution is 5.88. The Morgan fingerprint density at radius 2 is 2.15 bits per heavy atom. The molecule has 0 bridgehead atoms. The van der Waals surface area contributed by atoms with Gasteiger partial charge in [0.05, 0.1) is 6.54 Å². The lowest BCUT2D eigenvalue weighted by Crippen LogP contribution is -2.27. The number of aryl methyl sites for hydroxylation is 1. The highest BCUT2D eigenvalue weighted by Gasteiger charge is 2.20. The van der Waals surface area contributed by atoms with E-state index >= 15 is 0 Å². The molecule has 1 aliphatic carbocycles. The maximum Gasteiger partial charge on any atom is 0.339 e. The summed E-state index contributed by atoms with van der Waals surface area (Å²) in [6.45, 7) is 1.93. The summed E-state index contributed by atoms with van der Waals surface area (Å²) in [4.78, 5) is 24.5. The van der Waals surface area contributed by atoms with Gasteiger partial charge in [-0.2, -0.15) is 0 Å². The third-order valence-corrected chi connectivity index (χ3v) is 4.01. The van der Waals surface area contributed by atoms with Gasteiger partial charge in [-0.05, 0) is 25.3 Å². The second-order valence-electron chi connectivity index (χ2n) is 5.57. The van der Waals surface area contributed by atoms with E-state index in [9.17, 15) is 9.59 Å². The van der Waals surface area contributed by atoms with E-state index in [1.807, 2.05) is 0 Å². The van der Waals surface area contributed by atoms with Crippen molar-refractivity contribution in [3.63, 3.8) is 0 Å². The Morgan fingerprint density at radius 1 is 1.45 bits per heavy atom. The zero-order valence-corrected chi connectivity index (χ0v) is 12.0. The van der Waals surface area contributed by atoms with E-state index in [2.05, 4.69) is 0 Å². The summed E-state index contributed by atoms with van der Waals surface area (Å²) in [6.07, 6.45) is 5.30. The van der Waals surface area contributed by atoms with Crippen molar-refractivity contribution in [2.75, 3.05) is 7.05 Å². The van der Waals surface area contributed by atoms with Crippen molar-refractivity contribution in [2.24, 2.45) is 5.92 Å². The molecular formula is C15H21NO4. The molecule has 1 amide bonds. The summed E-state index contributed by atoms with van der Waals surface area (Å²) in [5, 5.41) is 8.96. The monoisotopic (exact) mass is 279 g/mol. The lowest BCUT2D eigenvalue weighted by atomic mass is 9.82. The van der Waals surface area contributed by atoms with Gasteiger partial charge in [0.1, 0.15) is 17.1 Å². The van der Waals surface area contributed by atoms with Crippen LogP contribution in [0.3, 0.4) is 0 Å². The lowest BCUT2D eigenvalue weighted by molar-refractivity contribution is -0.131. The van der Waals surface area contributed by atoms with Gasteiger partial charge in [0, 0.05) is 13.5 Å². The summed E-state index contributed by atoms with van der Waals surface area (Å²) < 4.78 is 5.38. The van der Waals surface area contributed by atoms with Crippen molar-refractivity contribution in [2.45, 2.75) is 45.6 Å². The number of carbonyl (C=O) groups excluding carboxylic acids is 1. The van der Waals surface area contributed by atoms with Crippen molar-refractivity contribution in [3.8, 4) is 0 Å². The van der Waals surface area contributed by atoms with Gasteiger partial charge in [0.15, 0.2) is 0 Å². The first kappa shape index (κ1) is 14.6. The summed E-state index contributed by atoms with van der Waals surface area (Å²) in [5.74, 6) is 0.693. The number of hydrogen-bond acceptors (Lipinski definition) is 3. The molecule has 0 aromatic carbocycles. The van der Waals surface area contributed by atoms with Gasteiger partial charge in [-0.25, -0.2) is 4.79 Å². The number of nitrogens with zero attached hydrogens (tertiary/aromatic N) is 1. The van der Waals surface area contributed by atoms with Crippen molar-refractivity contribution >= 4 is 11.9 Å². The third-order valence-electron chi connectivity index (χ3n) is 4.01. The fourth-order valence-electron chi connectivity index (χ4n) is 2.46. The van der Waals surface area contributed by atoms with E-state index in [1.165, 1.54) is 25.3 Å². The molecule has 5 nitrogen and oxygen atoms in total. The molecule has 0 atom stereocenters. The molecule has 1 aromatic rings. The molecule has 1 heterocycles. The molecule has 1 aromatic heterocycles. The van der Waals surface area contributed by atoms with E-state index in [0.29, 0.717) is 24.5 Å². The summed E-state index contributed by atoms with van der Waals surface area (Å²) in [7, 11) is 1.72. The van der Waals surface area contributed by atoms with Crippen LogP contribution in [0.15, 0.2) is 10.5 Å². The van der Waals surface area contributed by atoms with Crippen LogP contribution in [0.4, 0.5) is 0 Å². The molecule has 1 aliphatic rings.